The summed E-state index contributed by atoms with van der Waals surface area (Å²) in [7, 11) is -1.97. The van der Waals surface area contributed by atoms with E-state index in [1.54, 1.807) is 24.3 Å². The molecule has 1 fully saturated rings. The van der Waals surface area contributed by atoms with E-state index in [9.17, 15) is 8.42 Å². The zero-order chi connectivity index (χ0) is 13.0. The van der Waals surface area contributed by atoms with Crippen LogP contribution in [0.1, 0.15) is 12.8 Å². The second-order valence-electron chi connectivity index (χ2n) is 4.27. The summed E-state index contributed by atoms with van der Waals surface area (Å²) in [5.74, 6) is 0.707. The molecule has 1 unspecified atom stereocenters. The van der Waals surface area contributed by atoms with Gasteiger partial charge in [-0.05, 0) is 50.7 Å². The molecule has 2 rings (SSSR count). The summed E-state index contributed by atoms with van der Waals surface area (Å²) in [6.45, 7) is 1.88. The van der Waals surface area contributed by atoms with Crippen LogP contribution in [0, 0.1) is 0 Å². The van der Waals surface area contributed by atoms with Crippen LogP contribution in [-0.4, -0.2) is 34.7 Å². The van der Waals surface area contributed by atoms with Crippen LogP contribution in [0.15, 0.2) is 29.2 Å². The van der Waals surface area contributed by atoms with E-state index in [0.717, 1.165) is 25.9 Å². The predicted molar refractivity (Wildman–Crippen MR) is 69.2 cm³/mol. The van der Waals surface area contributed by atoms with E-state index < -0.39 is 10.0 Å². The Bertz CT molecular complexity index is 479. The van der Waals surface area contributed by atoms with E-state index in [2.05, 4.69) is 10.0 Å². The first-order valence-corrected chi connectivity index (χ1v) is 7.51. The van der Waals surface area contributed by atoms with Crippen molar-refractivity contribution in [2.24, 2.45) is 0 Å². The summed E-state index contributed by atoms with van der Waals surface area (Å²) in [4.78, 5) is 0.249. The van der Waals surface area contributed by atoms with Crippen LogP contribution in [-0.2, 0) is 10.0 Å². The number of sulfonamides is 1. The molecule has 18 heavy (non-hydrogen) atoms. The summed E-state index contributed by atoms with van der Waals surface area (Å²) in [6.07, 6.45) is 2.31. The van der Waals surface area contributed by atoms with Gasteiger partial charge in [-0.3, -0.25) is 0 Å². The fourth-order valence-corrected chi connectivity index (χ4v) is 2.66. The molecular formula is C12H18N2O3S. The highest BCUT2D eigenvalue weighted by atomic mass is 32.2. The van der Waals surface area contributed by atoms with Gasteiger partial charge >= 0.3 is 0 Å². The zero-order valence-corrected chi connectivity index (χ0v) is 11.2. The number of nitrogens with one attached hydrogen (secondary N) is 2. The SMILES string of the molecule is CNS(=O)(=O)c1ccc(OC2CCCNC2)cc1. The molecule has 2 N–H and O–H groups in total. The van der Waals surface area contributed by atoms with Crippen molar-refractivity contribution >= 4 is 10.0 Å². The molecule has 0 radical (unpaired) electrons. The third-order valence-electron chi connectivity index (χ3n) is 2.96. The quantitative estimate of drug-likeness (QED) is 0.846. The van der Waals surface area contributed by atoms with Crippen molar-refractivity contribution in [3.63, 3.8) is 0 Å². The number of benzene rings is 1. The topological polar surface area (TPSA) is 67.4 Å². The molecule has 0 aromatic heterocycles. The maximum Gasteiger partial charge on any atom is 0.240 e. The smallest absolute Gasteiger partial charge is 0.240 e. The molecule has 0 saturated carbocycles. The van der Waals surface area contributed by atoms with Gasteiger partial charge in [0.2, 0.25) is 10.0 Å². The Morgan fingerprint density at radius 3 is 2.61 bits per heavy atom. The molecule has 0 aliphatic carbocycles. The van der Waals surface area contributed by atoms with Gasteiger partial charge in [0, 0.05) is 6.54 Å². The molecule has 1 aromatic rings. The highest BCUT2D eigenvalue weighted by Crippen LogP contribution is 2.18. The molecule has 0 bridgehead atoms. The summed E-state index contributed by atoms with van der Waals surface area (Å²) in [6, 6.07) is 6.49. The molecule has 1 aliphatic rings. The maximum atomic E-state index is 11.5. The number of ether oxygens (including phenoxy) is 1. The summed E-state index contributed by atoms with van der Waals surface area (Å²) < 4.78 is 31.1. The van der Waals surface area contributed by atoms with Gasteiger partial charge in [0.25, 0.3) is 0 Å². The third-order valence-corrected chi connectivity index (χ3v) is 4.39. The lowest BCUT2D eigenvalue weighted by Gasteiger charge is -2.23. The van der Waals surface area contributed by atoms with Crippen LogP contribution < -0.4 is 14.8 Å². The first-order valence-electron chi connectivity index (χ1n) is 6.03. The van der Waals surface area contributed by atoms with Gasteiger partial charge in [0.1, 0.15) is 11.9 Å². The van der Waals surface area contributed by atoms with Gasteiger partial charge in [0.15, 0.2) is 0 Å². The normalized spacial score (nSPS) is 20.6. The van der Waals surface area contributed by atoms with Gasteiger partial charge in [-0.15, -0.1) is 0 Å². The molecule has 0 amide bonds. The molecule has 1 heterocycles. The lowest BCUT2D eigenvalue weighted by Crippen LogP contribution is -2.37. The minimum Gasteiger partial charge on any atom is -0.489 e. The summed E-state index contributed by atoms with van der Waals surface area (Å²) >= 11 is 0. The van der Waals surface area contributed by atoms with Crippen molar-refractivity contribution in [3.8, 4) is 5.75 Å². The van der Waals surface area contributed by atoms with Gasteiger partial charge in [-0.25, -0.2) is 13.1 Å². The molecular weight excluding hydrogens is 252 g/mol. The second kappa shape index (κ2) is 5.69. The molecule has 1 aromatic carbocycles. The van der Waals surface area contributed by atoms with E-state index in [4.69, 9.17) is 4.74 Å². The minimum atomic E-state index is -3.37. The van der Waals surface area contributed by atoms with Crippen LogP contribution in [0.3, 0.4) is 0 Å². The van der Waals surface area contributed by atoms with Gasteiger partial charge < -0.3 is 10.1 Å². The second-order valence-corrected chi connectivity index (χ2v) is 6.15. The molecule has 1 atom stereocenters. The minimum absolute atomic E-state index is 0.172. The zero-order valence-electron chi connectivity index (χ0n) is 10.3. The van der Waals surface area contributed by atoms with E-state index >= 15 is 0 Å². The standard InChI is InChI=1S/C12H18N2O3S/c1-13-18(15,16)12-6-4-10(5-7-12)17-11-3-2-8-14-9-11/h4-7,11,13-14H,2-3,8-9H2,1H3. The first kappa shape index (κ1) is 13.3. The molecule has 0 spiro atoms. The highest BCUT2D eigenvalue weighted by Gasteiger charge is 2.15. The van der Waals surface area contributed by atoms with E-state index in [0.29, 0.717) is 5.75 Å². The number of rotatable bonds is 4. The Balaban J connectivity index is 2.03. The van der Waals surface area contributed by atoms with Crippen molar-refractivity contribution in [3.05, 3.63) is 24.3 Å². The Hall–Kier alpha value is -1.11. The summed E-state index contributed by atoms with van der Waals surface area (Å²) in [5, 5.41) is 3.27. The molecule has 6 heteroatoms. The predicted octanol–water partition coefficient (Wildman–Crippen LogP) is 0.725. The monoisotopic (exact) mass is 270 g/mol. The third kappa shape index (κ3) is 3.22. The molecule has 1 aliphatic heterocycles. The van der Waals surface area contributed by atoms with Crippen LogP contribution >= 0.6 is 0 Å². The Labute approximate surface area is 108 Å². The average Bonchev–Trinajstić information content (AvgIpc) is 2.40. The Morgan fingerprint density at radius 1 is 1.33 bits per heavy atom. The highest BCUT2D eigenvalue weighted by molar-refractivity contribution is 7.89. The lowest BCUT2D eigenvalue weighted by molar-refractivity contribution is 0.167. The van der Waals surface area contributed by atoms with Crippen molar-refractivity contribution in [1.29, 1.82) is 0 Å². The van der Waals surface area contributed by atoms with Crippen molar-refractivity contribution in [2.75, 3.05) is 20.1 Å². The lowest BCUT2D eigenvalue weighted by atomic mass is 10.1. The van der Waals surface area contributed by atoms with Gasteiger partial charge in [-0.2, -0.15) is 0 Å². The summed E-state index contributed by atoms with van der Waals surface area (Å²) in [5.41, 5.74) is 0. The molecule has 100 valence electrons. The first-order chi connectivity index (χ1) is 8.62. The Kier molecular flexibility index (Phi) is 4.21. The van der Waals surface area contributed by atoms with E-state index in [1.165, 1.54) is 7.05 Å². The maximum absolute atomic E-state index is 11.5. The van der Waals surface area contributed by atoms with Crippen molar-refractivity contribution in [1.82, 2.24) is 10.0 Å². The van der Waals surface area contributed by atoms with E-state index in [-0.39, 0.29) is 11.0 Å². The van der Waals surface area contributed by atoms with Crippen molar-refractivity contribution in [2.45, 2.75) is 23.8 Å². The Morgan fingerprint density at radius 2 is 2.06 bits per heavy atom. The largest absolute Gasteiger partial charge is 0.489 e. The van der Waals surface area contributed by atoms with E-state index in [1.807, 2.05) is 0 Å². The van der Waals surface area contributed by atoms with Gasteiger partial charge in [0.05, 0.1) is 4.90 Å². The van der Waals surface area contributed by atoms with Crippen LogP contribution in [0.25, 0.3) is 0 Å². The fraction of sp³-hybridized carbons (Fsp3) is 0.500. The van der Waals surface area contributed by atoms with Crippen LogP contribution in [0.4, 0.5) is 0 Å². The molecule has 1 saturated heterocycles. The number of hydrogen-bond donors (Lipinski definition) is 2. The van der Waals surface area contributed by atoms with Crippen LogP contribution in [0.2, 0.25) is 0 Å². The number of hydrogen-bond acceptors (Lipinski definition) is 4. The van der Waals surface area contributed by atoms with Crippen LogP contribution in [0.5, 0.6) is 5.75 Å². The van der Waals surface area contributed by atoms with Crippen molar-refractivity contribution < 1.29 is 13.2 Å². The fourth-order valence-electron chi connectivity index (χ4n) is 1.93. The van der Waals surface area contributed by atoms with Gasteiger partial charge in [-0.1, -0.05) is 0 Å². The average molecular weight is 270 g/mol. The molecule has 5 nitrogen and oxygen atoms in total. The number of piperidine rings is 1.